The Balaban J connectivity index is 1.68. The van der Waals surface area contributed by atoms with Crippen molar-refractivity contribution in [1.82, 2.24) is 14.9 Å². The van der Waals surface area contributed by atoms with Gasteiger partial charge in [0.15, 0.2) is 0 Å². The number of aromatic carboxylic acids is 1. The summed E-state index contributed by atoms with van der Waals surface area (Å²) in [6, 6.07) is 13.0. The fourth-order valence-electron chi connectivity index (χ4n) is 3.58. The fourth-order valence-corrected chi connectivity index (χ4v) is 3.58. The Labute approximate surface area is 167 Å². The molecule has 0 aliphatic carbocycles. The number of carbonyl (C=O) groups is 2. The average Bonchev–Trinajstić information content (AvgIpc) is 3.22. The Morgan fingerprint density at radius 1 is 1.21 bits per heavy atom. The average molecular weight is 392 g/mol. The van der Waals surface area contributed by atoms with E-state index < -0.39 is 12.0 Å². The molecule has 8 nitrogen and oxygen atoms in total. The molecule has 2 heterocycles. The zero-order valence-electron chi connectivity index (χ0n) is 15.8. The van der Waals surface area contributed by atoms with Crippen LogP contribution in [0.5, 0.6) is 5.75 Å². The van der Waals surface area contributed by atoms with Crippen molar-refractivity contribution in [2.45, 2.75) is 12.5 Å². The van der Waals surface area contributed by atoms with Crippen molar-refractivity contribution in [2.24, 2.45) is 0 Å². The van der Waals surface area contributed by atoms with Crippen molar-refractivity contribution < 1.29 is 19.4 Å². The number of para-hydroxylation sites is 1. The molecule has 0 fully saturated rings. The maximum atomic E-state index is 13.1. The number of carbonyl (C=O) groups excluding carboxylic acids is 1. The lowest BCUT2D eigenvalue weighted by atomic mass is 9.96. The standard InChI is InChI=1S/C21H20N4O4/c1-29-14-8-6-13(7-9-14)19-18-17(22-12-23-18)10-11-25(19)21(28)24-16-5-3-2-4-15(16)20(26)27/h2-9,12,19H,10-11H2,1H3,(H,22,23)(H,24,28)(H,26,27)/t19-/m0/s1. The second-order valence-electron chi connectivity index (χ2n) is 6.67. The van der Waals surface area contributed by atoms with Gasteiger partial charge in [-0.15, -0.1) is 0 Å². The summed E-state index contributed by atoms with van der Waals surface area (Å²) in [5.41, 5.74) is 2.95. The second-order valence-corrected chi connectivity index (χ2v) is 6.67. The minimum atomic E-state index is -1.10. The van der Waals surface area contributed by atoms with Crippen molar-refractivity contribution in [1.29, 1.82) is 0 Å². The van der Waals surface area contributed by atoms with Gasteiger partial charge in [-0.25, -0.2) is 14.6 Å². The van der Waals surface area contributed by atoms with Crippen LogP contribution in [0.1, 0.15) is 33.4 Å². The highest BCUT2D eigenvalue weighted by Crippen LogP contribution is 2.34. The molecule has 1 aliphatic heterocycles. The fraction of sp³-hybridized carbons (Fsp3) is 0.190. The number of fused-ring (bicyclic) bond motifs is 1. The minimum absolute atomic E-state index is 0.0410. The largest absolute Gasteiger partial charge is 0.497 e. The molecule has 0 saturated heterocycles. The summed E-state index contributed by atoms with van der Waals surface area (Å²) in [4.78, 5) is 33.9. The van der Waals surface area contributed by atoms with Crippen LogP contribution in [0.15, 0.2) is 54.9 Å². The summed E-state index contributed by atoms with van der Waals surface area (Å²) in [5.74, 6) is -0.376. The molecule has 1 atom stereocenters. The number of imidazole rings is 1. The molecule has 0 saturated carbocycles. The number of nitrogens with zero attached hydrogens (tertiary/aromatic N) is 2. The number of aromatic amines is 1. The smallest absolute Gasteiger partial charge is 0.337 e. The number of methoxy groups -OCH3 is 1. The first-order valence-electron chi connectivity index (χ1n) is 9.14. The Bertz CT molecular complexity index is 1040. The maximum Gasteiger partial charge on any atom is 0.337 e. The van der Waals surface area contributed by atoms with Crippen LogP contribution in [-0.2, 0) is 6.42 Å². The van der Waals surface area contributed by atoms with Gasteiger partial charge in [0, 0.05) is 18.7 Å². The van der Waals surface area contributed by atoms with Gasteiger partial charge < -0.3 is 25.0 Å². The normalized spacial score (nSPS) is 15.5. The molecule has 29 heavy (non-hydrogen) atoms. The minimum Gasteiger partial charge on any atom is -0.497 e. The molecule has 8 heteroatoms. The van der Waals surface area contributed by atoms with Crippen molar-refractivity contribution in [3.8, 4) is 5.75 Å². The number of anilines is 1. The highest BCUT2D eigenvalue weighted by molar-refractivity contribution is 6.00. The number of nitrogens with one attached hydrogen (secondary N) is 2. The molecular formula is C21H20N4O4. The number of carboxylic acids is 1. The molecule has 4 rings (SSSR count). The van der Waals surface area contributed by atoms with Crippen molar-refractivity contribution in [2.75, 3.05) is 19.0 Å². The van der Waals surface area contributed by atoms with Gasteiger partial charge in [-0.1, -0.05) is 24.3 Å². The van der Waals surface area contributed by atoms with E-state index in [0.717, 1.165) is 22.7 Å². The summed E-state index contributed by atoms with van der Waals surface area (Å²) in [5, 5.41) is 12.1. The SMILES string of the molecule is COc1ccc([C@H]2c3nc[nH]c3CCN2C(=O)Nc2ccccc2C(=O)O)cc1. The Morgan fingerprint density at radius 3 is 2.69 bits per heavy atom. The highest BCUT2D eigenvalue weighted by Gasteiger charge is 2.34. The third-order valence-electron chi connectivity index (χ3n) is 5.02. The second kappa shape index (κ2) is 7.67. The molecule has 1 aromatic heterocycles. The number of rotatable bonds is 4. The molecule has 0 unspecified atom stereocenters. The lowest BCUT2D eigenvalue weighted by Gasteiger charge is -2.35. The van der Waals surface area contributed by atoms with Crippen LogP contribution < -0.4 is 10.1 Å². The molecule has 3 aromatic rings. The van der Waals surface area contributed by atoms with E-state index in [9.17, 15) is 14.7 Å². The zero-order chi connectivity index (χ0) is 20.4. The van der Waals surface area contributed by atoms with Gasteiger partial charge in [-0.3, -0.25) is 0 Å². The molecule has 1 aliphatic rings. The third kappa shape index (κ3) is 3.52. The number of amides is 2. The van der Waals surface area contributed by atoms with E-state index in [2.05, 4.69) is 15.3 Å². The van der Waals surface area contributed by atoms with E-state index in [1.165, 1.54) is 6.07 Å². The maximum absolute atomic E-state index is 13.1. The molecule has 0 spiro atoms. The monoisotopic (exact) mass is 392 g/mol. The van der Waals surface area contributed by atoms with Crippen LogP contribution in [0.4, 0.5) is 10.5 Å². The Hall–Kier alpha value is -3.81. The van der Waals surface area contributed by atoms with Crippen molar-refractivity contribution >= 4 is 17.7 Å². The van der Waals surface area contributed by atoms with Crippen molar-refractivity contribution in [3.05, 3.63) is 77.4 Å². The topological polar surface area (TPSA) is 108 Å². The zero-order valence-corrected chi connectivity index (χ0v) is 15.8. The first-order chi connectivity index (χ1) is 14.1. The van der Waals surface area contributed by atoms with E-state index in [-0.39, 0.29) is 17.3 Å². The van der Waals surface area contributed by atoms with Crippen LogP contribution >= 0.6 is 0 Å². The first kappa shape index (κ1) is 18.5. The quantitative estimate of drug-likeness (QED) is 0.631. The molecule has 3 N–H and O–H groups in total. The third-order valence-corrected chi connectivity index (χ3v) is 5.02. The number of aromatic nitrogens is 2. The molecule has 2 aromatic carbocycles. The Kier molecular flexibility index (Phi) is 4.90. The van der Waals surface area contributed by atoms with Gasteiger partial charge in [0.2, 0.25) is 0 Å². The number of ether oxygens (including phenoxy) is 1. The Morgan fingerprint density at radius 2 is 1.97 bits per heavy atom. The van der Waals surface area contributed by atoms with Gasteiger partial charge in [-0.05, 0) is 29.8 Å². The molecule has 148 valence electrons. The van der Waals surface area contributed by atoms with E-state index in [0.29, 0.717) is 13.0 Å². The summed E-state index contributed by atoms with van der Waals surface area (Å²) in [6.07, 6.45) is 2.26. The van der Waals surface area contributed by atoms with Gasteiger partial charge in [0.05, 0.1) is 30.4 Å². The van der Waals surface area contributed by atoms with E-state index in [4.69, 9.17) is 4.74 Å². The number of hydrogen-bond donors (Lipinski definition) is 3. The molecule has 0 radical (unpaired) electrons. The van der Waals surface area contributed by atoms with E-state index >= 15 is 0 Å². The van der Waals surface area contributed by atoms with Crippen LogP contribution in [0, 0.1) is 0 Å². The highest BCUT2D eigenvalue weighted by atomic mass is 16.5. The first-order valence-corrected chi connectivity index (χ1v) is 9.14. The van der Waals surface area contributed by atoms with Gasteiger partial charge in [0.1, 0.15) is 11.8 Å². The van der Waals surface area contributed by atoms with E-state index in [1.54, 1.807) is 36.5 Å². The van der Waals surface area contributed by atoms with Gasteiger partial charge in [-0.2, -0.15) is 0 Å². The molecule has 2 amide bonds. The summed E-state index contributed by atoms with van der Waals surface area (Å²) in [7, 11) is 1.60. The summed E-state index contributed by atoms with van der Waals surface area (Å²) < 4.78 is 5.23. The van der Waals surface area contributed by atoms with Crippen LogP contribution in [0.25, 0.3) is 0 Å². The molecule has 0 bridgehead atoms. The number of carboxylic acid groups (broad SMARTS) is 1. The van der Waals surface area contributed by atoms with Crippen LogP contribution in [0.2, 0.25) is 0 Å². The summed E-state index contributed by atoms with van der Waals surface area (Å²) >= 11 is 0. The molecular weight excluding hydrogens is 372 g/mol. The predicted molar refractivity (Wildman–Crippen MR) is 106 cm³/mol. The number of urea groups is 1. The number of benzene rings is 2. The van der Waals surface area contributed by atoms with E-state index in [1.807, 2.05) is 24.3 Å². The van der Waals surface area contributed by atoms with Crippen LogP contribution in [0.3, 0.4) is 0 Å². The van der Waals surface area contributed by atoms with Gasteiger partial charge >= 0.3 is 12.0 Å². The predicted octanol–water partition coefficient (Wildman–Crippen LogP) is 3.30. The summed E-state index contributed by atoms with van der Waals surface area (Å²) in [6.45, 7) is 0.465. The van der Waals surface area contributed by atoms with Gasteiger partial charge in [0.25, 0.3) is 0 Å². The number of hydrogen-bond acceptors (Lipinski definition) is 4. The lowest BCUT2D eigenvalue weighted by Crippen LogP contribution is -2.43. The van der Waals surface area contributed by atoms with Crippen LogP contribution in [-0.4, -0.2) is 45.6 Å². The number of H-pyrrole nitrogens is 1. The lowest BCUT2D eigenvalue weighted by molar-refractivity contribution is 0.0698. The van der Waals surface area contributed by atoms with Crippen molar-refractivity contribution in [3.63, 3.8) is 0 Å².